The van der Waals surface area contributed by atoms with Gasteiger partial charge in [0.15, 0.2) is 5.76 Å². The summed E-state index contributed by atoms with van der Waals surface area (Å²) in [6.07, 6.45) is 2.24. The van der Waals surface area contributed by atoms with E-state index in [-0.39, 0.29) is 30.4 Å². The molecule has 1 unspecified atom stereocenters. The van der Waals surface area contributed by atoms with Gasteiger partial charge in [-0.15, -0.1) is 11.3 Å². The number of carbonyl (C=O) groups is 3. The third-order valence-electron chi connectivity index (χ3n) is 7.60. The summed E-state index contributed by atoms with van der Waals surface area (Å²) in [5.41, 5.74) is 3.59. The van der Waals surface area contributed by atoms with Crippen molar-refractivity contribution in [2.45, 2.75) is 26.0 Å². The molecule has 2 aromatic heterocycles. The van der Waals surface area contributed by atoms with E-state index in [9.17, 15) is 14.4 Å². The highest BCUT2D eigenvalue weighted by molar-refractivity contribution is 7.09. The predicted molar refractivity (Wildman–Crippen MR) is 153 cm³/mol. The van der Waals surface area contributed by atoms with Gasteiger partial charge in [-0.05, 0) is 47.4 Å². The summed E-state index contributed by atoms with van der Waals surface area (Å²) < 4.78 is 11.6. The Bertz CT molecular complexity index is 1540. The Balaban J connectivity index is 1.18. The number of furan rings is 1. The highest BCUT2D eigenvalue weighted by atomic mass is 32.1. The van der Waals surface area contributed by atoms with Crippen LogP contribution in [0.25, 0.3) is 0 Å². The molecule has 0 bridgehead atoms. The van der Waals surface area contributed by atoms with Crippen LogP contribution in [0.15, 0.2) is 76.7 Å². The van der Waals surface area contributed by atoms with Crippen LogP contribution < -0.4 is 4.74 Å². The van der Waals surface area contributed by atoms with Crippen LogP contribution in [0.3, 0.4) is 0 Å². The number of piperazine rings is 1. The zero-order chi connectivity index (χ0) is 28.3. The van der Waals surface area contributed by atoms with Crippen LogP contribution in [-0.2, 0) is 17.8 Å². The Labute approximate surface area is 242 Å². The molecular weight excluding hydrogens is 540 g/mol. The van der Waals surface area contributed by atoms with E-state index < -0.39 is 0 Å². The molecule has 0 saturated carbocycles. The number of benzene rings is 2. The van der Waals surface area contributed by atoms with Crippen molar-refractivity contribution >= 4 is 29.1 Å². The zero-order valence-corrected chi connectivity index (χ0v) is 23.5. The lowest BCUT2D eigenvalue weighted by molar-refractivity contribution is -0.130. The second kappa shape index (κ2) is 11.6. The highest BCUT2D eigenvalue weighted by Gasteiger charge is 2.34. The molecular formula is C31H30N4O5S. The van der Waals surface area contributed by atoms with E-state index in [0.717, 1.165) is 17.5 Å². The highest BCUT2D eigenvalue weighted by Crippen LogP contribution is 2.38. The molecule has 0 spiro atoms. The summed E-state index contributed by atoms with van der Waals surface area (Å²) in [6, 6.07) is 19.1. The van der Waals surface area contributed by atoms with Gasteiger partial charge in [-0.1, -0.05) is 36.4 Å². The van der Waals surface area contributed by atoms with Crippen LogP contribution in [-0.4, -0.2) is 70.1 Å². The van der Waals surface area contributed by atoms with Gasteiger partial charge < -0.3 is 23.9 Å². The van der Waals surface area contributed by atoms with Gasteiger partial charge in [-0.25, -0.2) is 4.98 Å². The molecule has 1 fully saturated rings. The average molecular weight is 571 g/mol. The van der Waals surface area contributed by atoms with Gasteiger partial charge in [-0.3, -0.25) is 14.4 Å². The standard InChI is InChI=1S/C31H30N4O5S/c1-21(36)33-13-15-34(16-14-33)30(37)26-20-41-28(32-26)19-40-24-10-9-22-11-12-35(31(38)27-8-5-17-39-27)29(25(22)18-24)23-6-3-2-4-7-23/h2-10,17-18,20,29H,11-16,19H2,1H3. The lowest BCUT2D eigenvalue weighted by Gasteiger charge is -2.37. The first kappa shape index (κ1) is 26.8. The molecule has 0 N–H and O–H groups in total. The van der Waals surface area contributed by atoms with Gasteiger partial charge in [0.1, 0.15) is 23.1 Å². The van der Waals surface area contributed by atoms with Crippen LogP contribution >= 0.6 is 11.3 Å². The maximum absolute atomic E-state index is 13.4. The fraction of sp³-hybridized carbons (Fsp3) is 0.290. The number of hydrogen-bond acceptors (Lipinski definition) is 7. The third kappa shape index (κ3) is 5.60. The minimum Gasteiger partial charge on any atom is -0.486 e. The maximum Gasteiger partial charge on any atom is 0.290 e. The van der Waals surface area contributed by atoms with Gasteiger partial charge in [-0.2, -0.15) is 0 Å². The molecule has 4 heterocycles. The van der Waals surface area contributed by atoms with Crippen LogP contribution in [0.4, 0.5) is 0 Å². The van der Waals surface area contributed by atoms with Crippen molar-refractivity contribution in [3.63, 3.8) is 0 Å². The molecule has 1 saturated heterocycles. The lowest BCUT2D eigenvalue weighted by atomic mass is 9.87. The Morgan fingerprint density at radius 3 is 2.46 bits per heavy atom. The second-order valence-electron chi connectivity index (χ2n) is 10.1. The van der Waals surface area contributed by atoms with Gasteiger partial charge in [0.25, 0.3) is 11.8 Å². The number of fused-ring (bicyclic) bond motifs is 1. The van der Waals surface area contributed by atoms with Crippen LogP contribution in [0.5, 0.6) is 5.75 Å². The number of nitrogens with zero attached hydrogens (tertiary/aromatic N) is 4. The van der Waals surface area contributed by atoms with Crippen molar-refractivity contribution in [2.75, 3.05) is 32.7 Å². The smallest absolute Gasteiger partial charge is 0.290 e. The van der Waals surface area contributed by atoms with E-state index in [0.29, 0.717) is 54.9 Å². The number of ether oxygens (including phenoxy) is 1. The summed E-state index contributed by atoms with van der Waals surface area (Å²) >= 11 is 1.38. The SMILES string of the molecule is CC(=O)N1CCN(C(=O)c2csc(COc3ccc4c(c3)C(c3ccccc3)N(C(=O)c3ccco3)CC4)n2)CC1. The quantitative estimate of drug-likeness (QED) is 0.341. The number of thiazole rings is 1. The summed E-state index contributed by atoms with van der Waals surface area (Å²) in [5, 5.41) is 2.46. The molecule has 3 amide bonds. The normalized spacial score (nSPS) is 16.8. The number of rotatable bonds is 6. The fourth-order valence-electron chi connectivity index (χ4n) is 5.45. The summed E-state index contributed by atoms with van der Waals surface area (Å²) in [6.45, 7) is 4.41. The van der Waals surface area contributed by atoms with Crippen LogP contribution in [0.1, 0.15) is 55.7 Å². The largest absolute Gasteiger partial charge is 0.486 e. The van der Waals surface area contributed by atoms with Crippen molar-refractivity contribution < 1.29 is 23.5 Å². The molecule has 6 rings (SSSR count). The Hall–Kier alpha value is -4.44. The lowest BCUT2D eigenvalue weighted by Crippen LogP contribution is -2.50. The van der Waals surface area contributed by atoms with Gasteiger partial charge in [0.05, 0.1) is 12.3 Å². The van der Waals surface area contributed by atoms with Crippen LogP contribution in [0.2, 0.25) is 0 Å². The summed E-state index contributed by atoms with van der Waals surface area (Å²) in [4.78, 5) is 47.8. The van der Waals surface area contributed by atoms with Gasteiger partial charge in [0, 0.05) is 45.0 Å². The first-order chi connectivity index (χ1) is 20.0. The van der Waals surface area contributed by atoms with Crippen LogP contribution in [0, 0.1) is 0 Å². The molecule has 9 nitrogen and oxygen atoms in total. The molecule has 4 aromatic rings. The molecule has 10 heteroatoms. The van der Waals surface area contributed by atoms with E-state index in [2.05, 4.69) is 11.1 Å². The van der Waals surface area contributed by atoms with Gasteiger partial charge in [0.2, 0.25) is 5.91 Å². The minimum absolute atomic E-state index is 0.0271. The number of hydrogen-bond donors (Lipinski definition) is 0. The summed E-state index contributed by atoms with van der Waals surface area (Å²) in [7, 11) is 0. The molecule has 0 radical (unpaired) electrons. The van der Waals surface area contributed by atoms with Crippen molar-refractivity contribution in [3.05, 3.63) is 105 Å². The van der Waals surface area contributed by atoms with Crippen molar-refractivity contribution in [2.24, 2.45) is 0 Å². The van der Waals surface area contributed by atoms with E-state index >= 15 is 0 Å². The Morgan fingerprint density at radius 2 is 1.73 bits per heavy atom. The zero-order valence-electron chi connectivity index (χ0n) is 22.7. The molecule has 2 aromatic carbocycles. The van der Waals surface area contributed by atoms with E-state index in [1.807, 2.05) is 47.4 Å². The minimum atomic E-state index is -0.284. The second-order valence-corrected chi connectivity index (χ2v) is 11.1. The number of aromatic nitrogens is 1. The van der Waals surface area contributed by atoms with E-state index in [1.165, 1.54) is 23.2 Å². The van der Waals surface area contributed by atoms with Gasteiger partial charge >= 0.3 is 0 Å². The van der Waals surface area contributed by atoms with Crippen molar-refractivity contribution in [1.82, 2.24) is 19.7 Å². The first-order valence-electron chi connectivity index (χ1n) is 13.6. The molecule has 2 aliphatic heterocycles. The monoisotopic (exact) mass is 570 g/mol. The Morgan fingerprint density at radius 1 is 0.951 bits per heavy atom. The third-order valence-corrected chi connectivity index (χ3v) is 8.42. The first-order valence-corrected chi connectivity index (χ1v) is 14.5. The average Bonchev–Trinajstić information content (AvgIpc) is 3.72. The summed E-state index contributed by atoms with van der Waals surface area (Å²) in [5.74, 6) is 0.733. The van der Waals surface area contributed by atoms with Crippen molar-refractivity contribution in [3.8, 4) is 5.75 Å². The Kier molecular flexibility index (Phi) is 7.56. The maximum atomic E-state index is 13.4. The fourth-order valence-corrected chi connectivity index (χ4v) is 6.12. The molecule has 0 aliphatic carbocycles. The predicted octanol–water partition coefficient (Wildman–Crippen LogP) is 4.41. The molecule has 41 heavy (non-hydrogen) atoms. The topological polar surface area (TPSA) is 96.2 Å². The molecule has 1 atom stereocenters. The molecule has 2 aliphatic rings. The van der Waals surface area contributed by atoms with E-state index in [1.54, 1.807) is 34.2 Å². The number of carbonyl (C=O) groups excluding carboxylic acids is 3. The number of amides is 3. The van der Waals surface area contributed by atoms with E-state index in [4.69, 9.17) is 9.15 Å². The van der Waals surface area contributed by atoms with Crippen molar-refractivity contribution in [1.29, 1.82) is 0 Å². The molecule has 210 valence electrons.